The van der Waals surface area contributed by atoms with Crippen molar-refractivity contribution in [3.63, 3.8) is 0 Å². The van der Waals surface area contributed by atoms with Gasteiger partial charge >= 0.3 is 6.18 Å². The summed E-state index contributed by atoms with van der Waals surface area (Å²) in [4.78, 5) is 0. The first kappa shape index (κ1) is 10.1. The molecule has 0 spiro atoms. The summed E-state index contributed by atoms with van der Waals surface area (Å²) in [6.45, 7) is 3.66. The second-order valence-corrected chi connectivity index (χ2v) is 3.23. The smallest absolute Gasteiger partial charge is 0.272 e. The summed E-state index contributed by atoms with van der Waals surface area (Å²) < 4.78 is 37.8. The second kappa shape index (κ2) is 3.05. The highest BCUT2D eigenvalue weighted by Crippen LogP contribution is 2.29. The van der Waals surface area contributed by atoms with E-state index in [2.05, 4.69) is 5.10 Å². The zero-order valence-corrected chi connectivity index (χ0v) is 7.68. The van der Waals surface area contributed by atoms with E-state index in [0.717, 1.165) is 6.07 Å². The number of rotatable bonds is 1. The van der Waals surface area contributed by atoms with Crippen LogP contribution in [0.1, 0.15) is 31.2 Å². The third-order valence-corrected chi connectivity index (χ3v) is 1.80. The van der Waals surface area contributed by atoms with Gasteiger partial charge in [-0.1, -0.05) is 13.8 Å². The van der Waals surface area contributed by atoms with Gasteiger partial charge in [-0.25, -0.2) is 0 Å². The van der Waals surface area contributed by atoms with Crippen molar-refractivity contribution in [2.24, 2.45) is 7.05 Å². The van der Waals surface area contributed by atoms with Crippen LogP contribution in [-0.2, 0) is 13.2 Å². The van der Waals surface area contributed by atoms with E-state index in [1.54, 1.807) is 0 Å². The molecule has 0 aliphatic carbocycles. The average Bonchev–Trinajstić information content (AvgIpc) is 2.29. The topological polar surface area (TPSA) is 17.8 Å². The molecule has 0 aromatic carbocycles. The lowest BCUT2D eigenvalue weighted by Gasteiger charge is -2.02. The zero-order valence-electron chi connectivity index (χ0n) is 7.68. The van der Waals surface area contributed by atoms with E-state index in [1.807, 2.05) is 13.8 Å². The summed E-state index contributed by atoms with van der Waals surface area (Å²) in [5.41, 5.74) is -0.231. The summed E-state index contributed by atoms with van der Waals surface area (Å²) in [5, 5.41) is 3.39. The Kier molecular flexibility index (Phi) is 2.36. The standard InChI is InChI=1S/C8H11F3N2/c1-5(2)6-4-7(8(9,10)11)12-13(6)3/h4-5H,1-3H3. The molecule has 0 saturated carbocycles. The normalized spacial score (nSPS) is 12.5. The molecular weight excluding hydrogens is 181 g/mol. The van der Waals surface area contributed by atoms with E-state index in [-0.39, 0.29) is 5.92 Å². The minimum Gasteiger partial charge on any atom is -0.272 e. The summed E-state index contributed by atoms with van der Waals surface area (Å²) in [5.74, 6) is 0.0496. The average molecular weight is 192 g/mol. The van der Waals surface area contributed by atoms with Gasteiger partial charge in [-0.05, 0) is 12.0 Å². The van der Waals surface area contributed by atoms with Crippen LogP contribution in [0.2, 0.25) is 0 Å². The second-order valence-electron chi connectivity index (χ2n) is 3.23. The van der Waals surface area contributed by atoms with E-state index in [0.29, 0.717) is 5.69 Å². The van der Waals surface area contributed by atoms with Crippen LogP contribution < -0.4 is 0 Å². The van der Waals surface area contributed by atoms with Gasteiger partial charge in [-0.2, -0.15) is 18.3 Å². The van der Waals surface area contributed by atoms with Crippen LogP contribution in [0.4, 0.5) is 13.2 Å². The van der Waals surface area contributed by atoms with Crippen molar-refractivity contribution in [1.82, 2.24) is 9.78 Å². The van der Waals surface area contributed by atoms with Crippen LogP contribution in [0.25, 0.3) is 0 Å². The van der Waals surface area contributed by atoms with Crippen LogP contribution >= 0.6 is 0 Å². The van der Waals surface area contributed by atoms with Crippen LogP contribution in [0.5, 0.6) is 0 Å². The van der Waals surface area contributed by atoms with Crippen LogP contribution in [0.15, 0.2) is 6.07 Å². The predicted molar refractivity (Wildman–Crippen MR) is 42.3 cm³/mol. The van der Waals surface area contributed by atoms with Gasteiger partial charge in [0, 0.05) is 12.7 Å². The number of halogens is 3. The van der Waals surface area contributed by atoms with Crippen LogP contribution in [0, 0.1) is 0 Å². The summed E-state index contributed by atoms with van der Waals surface area (Å²) in [7, 11) is 1.52. The number of alkyl halides is 3. The number of hydrogen-bond acceptors (Lipinski definition) is 1. The van der Waals surface area contributed by atoms with Crippen molar-refractivity contribution in [1.29, 1.82) is 0 Å². The quantitative estimate of drug-likeness (QED) is 0.668. The zero-order chi connectivity index (χ0) is 10.2. The first-order valence-electron chi connectivity index (χ1n) is 3.93. The lowest BCUT2D eigenvalue weighted by atomic mass is 10.1. The monoisotopic (exact) mass is 192 g/mol. The summed E-state index contributed by atoms with van der Waals surface area (Å²) >= 11 is 0. The van der Waals surface area contributed by atoms with Crippen LogP contribution in [-0.4, -0.2) is 9.78 Å². The summed E-state index contributed by atoms with van der Waals surface area (Å²) in [6.07, 6.45) is -4.34. The number of aryl methyl sites for hydroxylation is 1. The molecule has 0 atom stereocenters. The molecule has 13 heavy (non-hydrogen) atoms. The maximum Gasteiger partial charge on any atom is 0.435 e. The molecule has 2 nitrogen and oxygen atoms in total. The fourth-order valence-electron chi connectivity index (χ4n) is 1.16. The highest BCUT2D eigenvalue weighted by atomic mass is 19.4. The Morgan fingerprint density at radius 1 is 1.38 bits per heavy atom. The molecule has 1 rings (SSSR count). The largest absolute Gasteiger partial charge is 0.435 e. The van der Waals surface area contributed by atoms with E-state index >= 15 is 0 Å². The lowest BCUT2D eigenvalue weighted by Crippen LogP contribution is -2.06. The van der Waals surface area contributed by atoms with Gasteiger partial charge in [-0.15, -0.1) is 0 Å². The van der Waals surface area contributed by atoms with Crippen molar-refractivity contribution in [2.45, 2.75) is 25.9 Å². The molecule has 0 aliphatic heterocycles. The Morgan fingerprint density at radius 2 is 1.92 bits per heavy atom. The molecule has 1 heterocycles. The minimum absolute atomic E-state index is 0.0496. The predicted octanol–water partition coefficient (Wildman–Crippen LogP) is 2.56. The number of aromatic nitrogens is 2. The van der Waals surface area contributed by atoms with Crippen molar-refractivity contribution < 1.29 is 13.2 Å². The molecule has 0 radical (unpaired) electrons. The highest BCUT2D eigenvalue weighted by Gasteiger charge is 2.34. The summed E-state index contributed by atoms with van der Waals surface area (Å²) in [6, 6.07) is 1.09. The van der Waals surface area contributed by atoms with E-state index in [9.17, 15) is 13.2 Å². The Balaban J connectivity index is 3.10. The molecular formula is C8H11F3N2. The first-order chi connectivity index (χ1) is 5.82. The number of hydrogen-bond donors (Lipinski definition) is 0. The molecule has 0 bridgehead atoms. The first-order valence-corrected chi connectivity index (χ1v) is 3.93. The van der Waals surface area contributed by atoms with Gasteiger partial charge < -0.3 is 0 Å². The lowest BCUT2D eigenvalue weighted by molar-refractivity contribution is -0.141. The van der Waals surface area contributed by atoms with E-state index < -0.39 is 11.9 Å². The van der Waals surface area contributed by atoms with Gasteiger partial charge in [0.25, 0.3) is 0 Å². The Hall–Kier alpha value is -1.00. The van der Waals surface area contributed by atoms with Crippen molar-refractivity contribution >= 4 is 0 Å². The fraction of sp³-hybridized carbons (Fsp3) is 0.625. The van der Waals surface area contributed by atoms with Gasteiger partial charge in [0.1, 0.15) is 0 Å². The molecule has 5 heteroatoms. The van der Waals surface area contributed by atoms with E-state index in [4.69, 9.17) is 0 Å². The maximum atomic E-state index is 12.2. The van der Waals surface area contributed by atoms with Gasteiger partial charge in [0.2, 0.25) is 0 Å². The molecule has 0 amide bonds. The van der Waals surface area contributed by atoms with Gasteiger partial charge in [0.05, 0.1) is 0 Å². The Bertz CT molecular complexity index is 299. The Labute approximate surface area is 74.4 Å². The van der Waals surface area contributed by atoms with E-state index in [1.165, 1.54) is 11.7 Å². The molecule has 1 aromatic rings. The van der Waals surface area contributed by atoms with Gasteiger partial charge in [0.15, 0.2) is 5.69 Å². The minimum atomic E-state index is -4.34. The van der Waals surface area contributed by atoms with Crippen molar-refractivity contribution in [3.05, 3.63) is 17.5 Å². The molecule has 0 saturated heterocycles. The molecule has 0 unspecified atom stereocenters. The third-order valence-electron chi connectivity index (χ3n) is 1.80. The molecule has 0 aliphatic rings. The van der Waals surface area contributed by atoms with Crippen molar-refractivity contribution in [3.8, 4) is 0 Å². The highest BCUT2D eigenvalue weighted by molar-refractivity contribution is 5.15. The van der Waals surface area contributed by atoms with Gasteiger partial charge in [-0.3, -0.25) is 4.68 Å². The number of nitrogens with zero attached hydrogens (tertiary/aromatic N) is 2. The molecule has 1 aromatic heterocycles. The third kappa shape index (κ3) is 2.02. The molecule has 0 fully saturated rings. The van der Waals surface area contributed by atoms with Crippen LogP contribution in [0.3, 0.4) is 0 Å². The van der Waals surface area contributed by atoms with Crippen molar-refractivity contribution in [2.75, 3.05) is 0 Å². The molecule has 0 N–H and O–H groups in total. The fourth-order valence-corrected chi connectivity index (χ4v) is 1.16. The molecule has 74 valence electrons. The SMILES string of the molecule is CC(C)c1cc(C(F)(F)F)nn1C. The maximum absolute atomic E-state index is 12.2. The Morgan fingerprint density at radius 3 is 2.15 bits per heavy atom.